The molecule has 42 heavy (non-hydrogen) atoms. The number of morpholine rings is 1. The summed E-state index contributed by atoms with van der Waals surface area (Å²) >= 11 is 0. The van der Waals surface area contributed by atoms with E-state index in [1.165, 1.54) is 18.9 Å². The average Bonchev–Trinajstić information content (AvgIpc) is 3.16. The summed E-state index contributed by atoms with van der Waals surface area (Å²) in [6.45, 7) is 4.13. The van der Waals surface area contributed by atoms with Crippen molar-refractivity contribution in [2.24, 2.45) is 0 Å². The van der Waals surface area contributed by atoms with Crippen LogP contribution in [0.2, 0.25) is 0 Å². The van der Waals surface area contributed by atoms with Crippen LogP contribution >= 0.6 is 0 Å². The van der Waals surface area contributed by atoms with E-state index in [-0.39, 0.29) is 17.3 Å². The monoisotopic (exact) mass is 567 g/mol. The number of benzene rings is 3. The third kappa shape index (κ3) is 5.80. The number of carbonyl (C=O) groups excluding carboxylic acids is 1. The molecule has 10 heteroatoms. The molecule has 2 aliphatic heterocycles. The molecule has 0 saturated carbocycles. The van der Waals surface area contributed by atoms with Crippen molar-refractivity contribution in [2.75, 3.05) is 60.8 Å². The minimum Gasteiger partial charge on any atom is -0.490 e. The second-order valence-electron chi connectivity index (χ2n) is 10.5. The van der Waals surface area contributed by atoms with E-state index in [0.717, 1.165) is 78.7 Å². The van der Waals surface area contributed by atoms with Gasteiger partial charge in [-0.25, -0.2) is 0 Å². The summed E-state index contributed by atoms with van der Waals surface area (Å²) in [5, 5.41) is 21.3. The topological polar surface area (TPSA) is 118 Å². The van der Waals surface area contributed by atoms with Gasteiger partial charge in [-0.3, -0.25) is 14.9 Å². The molecule has 0 atom stereocenters. The molecule has 1 fully saturated rings. The Morgan fingerprint density at radius 2 is 1.81 bits per heavy atom. The zero-order chi connectivity index (χ0) is 29.1. The van der Waals surface area contributed by atoms with Crippen LogP contribution in [0.1, 0.15) is 24.0 Å². The Balaban J connectivity index is 1.12. The maximum Gasteiger partial charge on any atom is 0.310 e. The smallest absolute Gasteiger partial charge is 0.310 e. The number of hydrogen-bond acceptors (Lipinski definition) is 8. The fourth-order valence-corrected chi connectivity index (χ4v) is 5.60. The fourth-order valence-electron chi connectivity index (χ4n) is 5.60. The van der Waals surface area contributed by atoms with Crippen molar-refractivity contribution in [1.29, 1.82) is 0 Å². The highest BCUT2D eigenvalue weighted by Gasteiger charge is 2.26. The van der Waals surface area contributed by atoms with E-state index in [9.17, 15) is 14.9 Å². The molecule has 0 radical (unpaired) electrons. The van der Waals surface area contributed by atoms with Crippen LogP contribution in [0.4, 0.5) is 28.4 Å². The number of nitrogens with one attached hydrogen (secondary N) is 3. The first-order valence-electron chi connectivity index (χ1n) is 14.1. The van der Waals surface area contributed by atoms with Gasteiger partial charge in [-0.1, -0.05) is 6.07 Å². The van der Waals surface area contributed by atoms with E-state index < -0.39 is 4.92 Å². The van der Waals surface area contributed by atoms with Crippen molar-refractivity contribution in [3.63, 3.8) is 0 Å². The summed E-state index contributed by atoms with van der Waals surface area (Å²) in [5.41, 5.74) is 8.11. The number of carbonyl (C=O) groups is 1. The summed E-state index contributed by atoms with van der Waals surface area (Å²) in [6, 6.07) is 19.4. The molecule has 6 rings (SSSR count). The molecule has 2 heterocycles. The number of hydrogen-bond donors (Lipinski definition) is 3. The van der Waals surface area contributed by atoms with Crippen molar-refractivity contribution in [2.45, 2.75) is 19.3 Å². The van der Waals surface area contributed by atoms with Gasteiger partial charge in [0.15, 0.2) is 5.75 Å². The Kier molecular flexibility index (Phi) is 7.78. The Labute approximate surface area is 244 Å². The number of amides is 1. The molecule has 216 valence electrons. The number of rotatable bonds is 8. The molecule has 0 bridgehead atoms. The van der Waals surface area contributed by atoms with E-state index in [2.05, 4.69) is 51.2 Å². The SMILES string of the molecule is COc1cc(C2=CC3=C(CC2)C(=O)Nc2cc(CCNc4ccc(N5CCOCC5)cc4)ccc2N3)ccc1[N+](=O)[O-]. The Hall–Kier alpha value is -4.83. The third-order valence-corrected chi connectivity index (χ3v) is 7.90. The molecule has 0 aromatic heterocycles. The van der Waals surface area contributed by atoms with Crippen LogP contribution in [0, 0.1) is 10.1 Å². The van der Waals surface area contributed by atoms with Crippen molar-refractivity contribution < 1.29 is 19.2 Å². The molecule has 3 aromatic rings. The predicted octanol–water partition coefficient (Wildman–Crippen LogP) is 5.59. The standard InChI is InChI=1S/C32H33N5O5/c1-41-31-20-23(4-11-30(31)37(39)40)22-3-9-26-28(19-22)34-27-10-2-21(18-29(27)35-32(26)38)12-13-33-24-5-7-25(8-6-24)36-14-16-42-17-15-36/h2,4-8,10-11,18-20,33-34H,3,9,12-17H2,1H3,(H,35,38). The second kappa shape index (κ2) is 12.0. The van der Waals surface area contributed by atoms with Crippen LogP contribution < -0.4 is 25.6 Å². The molecule has 0 spiro atoms. The van der Waals surface area contributed by atoms with Gasteiger partial charge in [0.25, 0.3) is 5.91 Å². The van der Waals surface area contributed by atoms with Gasteiger partial charge in [0.2, 0.25) is 0 Å². The Morgan fingerprint density at radius 3 is 2.57 bits per heavy atom. The van der Waals surface area contributed by atoms with Gasteiger partial charge in [-0.15, -0.1) is 0 Å². The van der Waals surface area contributed by atoms with Gasteiger partial charge in [-0.05, 0) is 90.6 Å². The average molecular weight is 568 g/mol. The van der Waals surface area contributed by atoms with E-state index in [1.54, 1.807) is 12.1 Å². The molecule has 1 saturated heterocycles. The van der Waals surface area contributed by atoms with E-state index in [4.69, 9.17) is 9.47 Å². The van der Waals surface area contributed by atoms with Crippen molar-refractivity contribution in [3.05, 3.63) is 99.3 Å². The summed E-state index contributed by atoms with van der Waals surface area (Å²) in [4.78, 5) is 26.3. The number of fused-ring (bicyclic) bond motifs is 1. The first-order chi connectivity index (χ1) is 20.5. The van der Waals surface area contributed by atoms with Gasteiger partial charge in [0, 0.05) is 48.3 Å². The molecule has 10 nitrogen and oxygen atoms in total. The molecule has 1 aliphatic carbocycles. The maximum absolute atomic E-state index is 13.2. The Morgan fingerprint density at radius 1 is 1.00 bits per heavy atom. The zero-order valence-corrected chi connectivity index (χ0v) is 23.4. The van der Waals surface area contributed by atoms with Crippen LogP contribution in [-0.2, 0) is 16.0 Å². The largest absolute Gasteiger partial charge is 0.490 e. The highest BCUT2D eigenvalue weighted by molar-refractivity contribution is 6.09. The van der Waals surface area contributed by atoms with Gasteiger partial charge in [0.05, 0.1) is 36.6 Å². The molecule has 3 N–H and O–H groups in total. The van der Waals surface area contributed by atoms with E-state index >= 15 is 0 Å². The van der Waals surface area contributed by atoms with Crippen molar-refractivity contribution >= 4 is 39.9 Å². The predicted molar refractivity (Wildman–Crippen MR) is 164 cm³/mol. The lowest BCUT2D eigenvalue weighted by Crippen LogP contribution is -2.36. The lowest BCUT2D eigenvalue weighted by molar-refractivity contribution is -0.385. The Bertz CT molecular complexity index is 1570. The fraction of sp³-hybridized carbons (Fsp3) is 0.281. The molecule has 3 aromatic carbocycles. The summed E-state index contributed by atoms with van der Waals surface area (Å²) < 4.78 is 10.7. The number of allylic oxidation sites excluding steroid dienone is 2. The molecular formula is C32H33N5O5. The minimum atomic E-state index is -0.458. The number of methoxy groups -OCH3 is 1. The number of nitrogens with zero attached hydrogens (tertiary/aromatic N) is 2. The number of ether oxygens (including phenoxy) is 2. The van der Waals surface area contributed by atoms with E-state index in [1.807, 2.05) is 18.2 Å². The van der Waals surface area contributed by atoms with Crippen LogP contribution in [0.5, 0.6) is 5.75 Å². The third-order valence-electron chi connectivity index (χ3n) is 7.90. The molecule has 1 amide bonds. The number of nitro groups is 1. The van der Waals surface area contributed by atoms with Crippen molar-refractivity contribution in [1.82, 2.24) is 0 Å². The second-order valence-corrected chi connectivity index (χ2v) is 10.5. The highest BCUT2D eigenvalue weighted by Crippen LogP contribution is 2.38. The number of nitro benzene ring substituents is 1. The summed E-state index contributed by atoms with van der Waals surface area (Å²) in [5.74, 6) is 0.0885. The first-order valence-corrected chi connectivity index (χ1v) is 14.1. The molecular weight excluding hydrogens is 534 g/mol. The van der Waals surface area contributed by atoms with Gasteiger partial charge in [-0.2, -0.15) is 0 Å². The molecule has 0 unspecified atom stereocenters. The van der Waals surface area contributed by atoms with E-state index in [0.29, 0.717) is 18.4 Å². The summed E-state index contributed by atoms with van der Waals surface area (Å²) in [7, 11) is 1.42. The maximum atomic E-state index is 13.2. The van der Waals surface area contributed by atoms with Gasteiger partial charge >= 0.3 is 5.69 Å². The number of anilines is 4. The lowest BCUT2D eigenvalue weighted by atomic mass is 9.90. The quantitative estimate of drug-likeness (QED) is 0.238. The van der Waals surface area contributed by atoms with Gasteiger partial charge < -0.3 is 30.3 Å². The lowest BCUT2D eigenvalue weighted by Gasteiger charge is -2.28. The van der Waals surface area contributed by atoms with Crippen LogP contribution in [0.3, 0.4) is 0 Å². The van der Waals surface area contributed by atoms with Crippen LogP contribution in [0.15, 0.2) is 78.0 Å². The van der Waals surface area contributed by atoms with Crippen LogP contribution in [-0.4, -0.2) is 50.8 Å². The highest BCUT2D eigenvalue weighted by atomic mass is 16.6. The summed E-state index contributed by atoms with van der Waals surface area (Å²) in [6.07, 6.45) is 3.94. The normalized spacial score (nSPS) is 16.4. The zero-order valence-electron chi connectivity index (χ0n) is 23.4. The molecule has 3 aliphatic rings. The van der Waals surface area contributed by atoms with Crippen LogP contribution in [0.25, 0.3) is 5.57 Å². The minimum absolute atomic E-state index is 0.0776. The first kappa shape index (κ1) is 27.3. The van der Waals surface area contributed by atoms with Crippen molar-refractivity contribution in [3.8, 4) is 5.75 Å². The van der Waals surface area contributed by atoms with Gasteiger partial charge in [0.1, 0.15) is 0 Å².